The summed E-state index contributed by atoms with van der Waals surface area (Å²) in [4.78, 5) is 11.6. The van der Waals surface area contributed by atoms with Gasteiger partial charge in [-0.15, -0.1) is 0 Å². The third-order valence-electron chi connectivity index (χ3n) is 3.77. The molecule has 0 aromatic carbocycles. The molecule has 1 atom stereocenters. The second kappa shape index (κ2) is 6.69. The number of rotatable bonds is 7. The van der Waals surface area contributed by atoms with E-state index in [9.17, 15) is 4.79 Å². The molecule has 102 valence electrons. The molecule has 0 aromatic heterocycles. The molecule has 0 amide bonds. The minimum Gasteiger partial charge on any atom is -0.407 e. The van der Waals surface area contributed by atoms with Crippen LogP contribution < -0.4 is 0 Å². The topological polar surface area (TPSA) is 26.3 Å². The van der Waals surface area contributed by atoms with Gasteiger partial charge in [-0.2, -0.15) is 0 Å². The third-order valence-corrected chi connectivity index (χ3v) is 8.25. The van der Waals surface area contributed by atoms with Gasteiger partial charge in [0.1, 0.15) is 6.10 Å². The molecule has 0 fully saturated rings. The molecule has 0 radical (unpaired) electrons. The largest absolute Gasteiger partial charge is 0.407 e. The van der Waals surface area contributed by atoms with Gasteiger partial charge in [-0.1, -0.05) is 47.0 Å². The number of carbonyl (C=O) groups excluding carboxylic acids is 1. The Morgan fingerprint density at radius 3 is 2.12 bits per heavy atom. The van der Waals surface area contributed by atoms with Crippen LogP contribution in [0.1, 0.15) is 60.3 Å². The average Bonchev–Trinajstić information content (AvgIpc) is 2.14. The molecule has 0 saturated heterocycles. The highest BCUT2D eigenvalue weighted by Gasteiger charge is 2.39. The van der Waals surface area contributed by atoms with Gasteiger partial charge in [0.05, 0.1) is 0 Å². The van der Waals surface area contributed by atoms with Crippen LogP contribution >= 0.6 is 0 Å². The number of carbonyl (C=O) groups is 1. The minimum atomic E-state index is -1.81. The van der Waals surface area contributed by atoms with Crippen LogP contribution in [0.15, 0.2) is 0 Å². The molecule has 0 saturated carbocycles. The Labute approximate surface area is 108 Å². The van der Waals surface area contributed by atoms with E-state index in [0.717, 1.165) is 12.8 Å². The molecular formula is C14H30O2Si. The van der Waals surface area contributed by atoms with Crippen LogP contribution in [-0.2, 0) is 9.22 Å². The van der Waals surface area contributed by atoms with Crippen molar-refractivity contribution < 1.29 is 9.22 Å². The lowest BCUT2D eigenvalue weighted by Crippen LogP contribution is -2.45. The van der Waals surface area contributed by atoms with Crippen molar-refractivity contribution in [3.05, 3.63) is 0 Å². The van der Waals surface area contributed by atoms with E-state index < -0.39 is 8.32 Å². The van der Waals surface area contributed by atoms with Gasteiger partial charge >= 0.3 is 0 Å². The summed E-state index contributed by atoms with van der Waals surface area (Å²) in [5.41, 5.74) is 0. The van der Waals surface area contributed by atoms with Gasteiger partial charge < -0.3 is 4.43 Å². The first kappa shape index (κ1) is 16.8. The summed E-state index contributed by atoms with van der Waals surface area (Å²) in [5, 5.41) is 0.172. The van der Waals surface area contributed by atoms with E-state index in [-0.39, 0.29) is 16.9 Å². The van der Waals surface area contributed by atoms with E-state index in [1.54, 1.807) is 6.92 Å². The van der Waals surface area contributed by atoms with Crippen molar-refractivity contribution in [1.82, 2.24) is 0 Å². The van der Waals surface area contributed by atoms with Crippen molar-refractivity contribution in [2.75, 3.05) is 0 Å². The Kier molecular flexibility index (Phi) is 6.63. The third kappa shape index (κ3) is 5.82. The van der Waals surface area contributed by atoms with Gasteiger partial charge in [0, 0.05) is 0 Å². The Morgan fingerprint density at radius 1 is 1.24 bits per heavy atom. The highest BCUT2D eigenvalue weighted by atomic mass is 28.4. The molecule has 2 nitrogen and oxygen atoms in total. The van der Waals surface area contributed by atoms with Crippen LogP contribution in [0, 0.1) is 0 Å². The van der Waals surface area contributed by atoms with Gasteiger partial charge in [-0.3, -0.25) is 4.79 Å². The van der Waals surface area contributed by atoms with Crippen LogP contribution in [0.5, 0.6) is 0 Å². The lowest BCUT2D eigenvalue weighted by atomic mass is 10.1. The van der Waals surface area contributed by atoms with Gasteiger partial charge in [0.2, 0.25) is 0 Å². The van der Waals surface area contributed by atoms with Crippen molar-refractivity contribution in [1.29, 1.82) is 0 Å². The predicted molar refractivity (Wildman–Crippen MR) is 76.9 cm³/mol. The standard InChI is InChI=1S/C14H30O2Si/c1-8-9-10-11-13(12(2)15)16-17(6,7)14(3,4)5/h13H,8-11H2,1-7H3/t13-/m0/s1. The smallest absolute Gasteiger partial charge is 0.193 e. The fourth-order valence-electron chi connectivity index (χ4n) is 1.46. The molecule has 3 heteroatoms. The van der Waals surface area contributed by atoms with E-state index in [2.05, 4.69) is 40.8 Å². The first-order valence-electron chi connectivity index (χ1n) is 6.80. The molecule has 0 aromatic rings. The molecule has 0 heterocycles. The molecule has 0 unspecified atom stereocenters. The zero-order valence-corrected chi connectivity index (χ0v) is 13.7. The SMILES string of the molecule is CCCCC[C@H](O[Si](C)(C)C(C)(C)C)C(C)=O. The van der Waals surface area contributed by atoms with E-state index in [1.807, 2.05) is 0 Å². The normalized spacial score (nSPS) is 14.8. The van der Waals surface area contributed by atoms with Crippen LogP contribution in [0.4, 0.5) is 0 Å². The maximum Gasteiger partial charge on any atom is 0.193 e. The second-order valence-corrected chi connectivity index (χ2v) is 11.2. The van der Waals surface area contributed by atoms with Crippen molar-refractivity contribution in [3.8, 4) is 0 Å². The van der Waals surface area contributed by atoms with Crippen molar-refractivity contribution in [2.24, 2.45) is 0 Å². The minimum absolute atomic E-state index is 0.172. The van der Waals surface area contributed by atoms with Gasteiger partial charge in [0.25, 0.3) is 0 Å². The number of unbranched alkanes of at least 4 members (excludes halogenated alkanes) is 2. The fourth-order valence-corrected chi connectivity index (χ4v) is 2.81. The first-order valence-corrected chi connectivity index (χ1v) is 9.71. The summed E-state index contributed by atoms with van der Waals surface area (Å²) in [7, 11) is -1.81. The average molecular weight is 258 g/mol. The van der Waals surface area contributed by atoms with Crippen molar-refractivity contribution >= 4 is 14.1 Å². The molecule has 0 spiro atoms. The maximum absolute atomic E-state index is 11.6. The summed E-state index contributed by atoms with van der Waals surface area (Å²) in [6.45, 7) is 14.9. The monoisotopic (exact) mass is 258 g/mol. The maximum atomic E-state index is 11.6. The lowest BCUT2D eigenvalue weighted by Gasteiger charge is -2.38. The van der Waals surface area contributed by atoms with E-state index >= 15 is 0 Å². The molecule has 0 bridgehead atoms. The summed E-state index contributed by atoms with van der Waals surface area (Å²) in [5.74, 6) is 0.186. The van der Waals surface area contributed by atoms with Gasteiger partial charge in [-0.05, 0) is 31.5 Å². The molecule has 0 aliphatic rings. The van der Waals surface area contributed by atoms with Crippen molar-refractivity contribution in [3.63, 3.8) is 0 Å². The Morgan fingerprint density at radius 2 is 1.76 bits per heavy atom. The molecule has 17 heavy (non-hydrogen) atoms. The molecule has 0 aliphatic carbocycles. The van der Waals surface area contributed by atoms with Crippen LogP contribution in [0.25, 0.3) is 0 Å². The highest BCUT2D eigenvalue weighted by molar-refractivity contribution is 6.74. The summed E-state index contributed by atoms with van der Waals surface area (Å²) in [6.07, 6.45) is 4.17. The fraction of sp³-hybridized carbons (Fsp3) is 0.929. The summed E-state index contributed by atoms with van der Waals surface area (Å²) < 4.78 is 6.20. The molecular weight excluding hydrogens is 228 g/mol. The summed E-state index contributed by atoms with van der Waals surface area (Å²) in [6, 6.07) is 0. The highest BCUT2D eigenvalue weighted by Crippen LogP contribution is 2.37. The Balaban J connectivity index is 4.49. The first-order chi connectivity index (χ1) is 7.62. The summed E-state index contributed by atoms with van der Waals surface area (Å²) >= 11 is 0. The Bertz CT molecular complexity index is 241. The quantitative estimate of drug-likeness (QED) is 0.495. The van der Waals surface area contributed by atoms with Crippen molar-refractivity contribution in [2.45, 2.75) is 84.5 Å². The van der Waals surface area contributed by atoms with Crippen LogP contribution in [-0.4, -0.2) is 20.2 Å². The number of hydrogen-bond acceptors (Lipinski definition) is 2. The van der Waals surface area contributed by atoms with Crippen LogP contribution in [0.3, 0.4) is 0 Å². The van der Waals surface area contributed by atoms with E-state index in [4.69, 9.17) is 4.43 Å². The zero-order chi connectivity index (χ0) is 13.7. The second-order valence-electron chi connectivity index (χ2n) is 6.47. The zero-order valence-electron chi connectivity index (χ0n) is 12.7. The lowest BCUT2D eigenvalue weighted by molar-refractivity contribution is -0.124. The predicted octanol–water partition coefficient (Wildman–Crippen LogP) is 4.55. The van der Waals surface area contributed by atoms with E-state index in [1.165, 1.54) is 12.8 Å². The number of Topliss-reactive ketones (excluding diaryl/α,β-unsaturated/α-hetero) is 1. The van der Waals surface area contributed by atoms with Gasteiger partial charge in [-0.25, -0.2) is 0 Å². The molecule has 0 N–H and O–H groups in total. The Hall–Kier alpha value is -0.153. The number of hydrogen-bond donors (Lipinski definition) is 0. The number of ketones is 1. The molecule has 0 rings (SSSR count). The molecule has 0 aliphatic heterocycles. The van der Waals surface area contributed by atoms with E-state index in [0.29, 0.717) is 0 Å². The van der Waals surface area contributed by atoms with Gasteiger partial charge in [0.15, 0.2) is 14.1 Å². The van der Waals surface area contributed by atoms with Crippen LogP contribution in [0.2, 0.25) is 18.1 Å².